The van der Waals surface area contributed by atoms with Crippen LogP contribution in [0.5, 0.6) is 0 Å². The van der Waals surface area contributed by atoms with E-state index >= 15 is 0 Å². The van der Waals surface area contributed by atoms with Crippen LogP contribution in [0.4, 0.5) is 10.1 Å². The zero-order valence-corrected chi connectivity index (χ0v) is 23.6. The summed E-state index contributed by atoms with van der Waals surface area (Å²) < 4.78 is 41.4. The Morgan fingerprint density at radius 3 is 2.38 bits per heavy atom. The molecule has 0 aliphatic heterocycles. The number of anilines is 1. The highest BCUT2D eigenvalue weighted by Gasteiger charge is 2.34. The summed E-state index contributed by atoms with van der Waals surface area (Å²) >= 11 is 0. The molecule has 212 valence electrons. The molecule has 2 fully saturated rings. The Kier molecular flexibility index (Phi) is 8.35. The molecule has 1 aromatic heterocycles. The molecule has 0 saturated heterocycles. The van der Waals surface area contributed by atoms with Crippen LogP contribution >= 0.6 is 0 Å². The van der Waals surface area contributed by atoms with Gasteiger partial charge in [-0.1, -0.05) is 42.5 Å². The van der Waals surface area contributed by atoms with E-state index in [9.17, 15) is 17.6 Å². The third-order valence-electron chi connectivity index (χ3n) is 8.36. The second-order valence-corrected chi connectivity index (χ2v) is 13.2. The number of hydrogen-bond donors (Lipinski definition) is 3. The summed E-state index contributed by atoms with van der Waals surface area (Å²) in [5, 5.41) is 2.95. The SMILES string of the molecule is CCS(=O)(=O)NC1CCC(CC(=O)Nc2cnc(-c3ccc(C4(N)CCC4)cc3)c(-c3ccccc3F)c2)CC1. The first-order valence-electron chi connectivity index (χ1n) is 14.1. The van der Waals surface area contributed by atoms with Gasteiger partial charge in [-0.2, -0.15) is 0 Å². The number of aromatic nitrogens is 1. The van der Waals surface area contributed by atoms with Crippen LogP contribution in [0.25, 0.3) is 22.4 Å². The number of nitrogens with one attached hydrogen (secondary N) is 2. The van der Waals surface area contributed by atoms with Gasteiger partial charge in [-0.05, 0) is 75.5 Å². The Morgan fingerprint density at radius 2 is 1.75 bits per heavy atom. The predicted molar refractivity (Wildman–Crippen MR) is 156 cm³/mol. The number of nitrogens with two attached hydrogens (primary N) is 1. The Labute approximate surface area is 235 Å². The topological polar surface area (TPSA) is 114 Å². The first-order chi connectivity index (χ1) is 19.2. The van der Waals surface area contributed by atoms with Crippen molar-refractivity contribution in [1.82, 2.24) is 9.71 Å². The van der Waals surface area contributed by atoms with Gasteiger partial charge in [-0.15, -0.1) is 0 Å². The summed E-state index contributed by atoms with van der Waals surface area (Å²) in [6.45, 7) is 1.62. The van der Waals surface area contributed by atoms with E-state index in [4.69, 9.17) is 5.73 Å². The first kappa shape index (κ1) is 28.4. The van der Waals surface area contributed by atoms with Crippen LogP contribution in [-0.4, -0.2) is 31.1 Å². The minimum Gasteiger partial charge on any atom is -0.325 e. The van der Waals surface area contributed by atoms with E-state index in [1.165, 1.54) is 6.07 Å². The second-order valence-electron chi connectivity index (χ2n) is 11.2. The van der Waals surface area contributed by atoms with E-state index < -0.39 is 10.0 Å². The number of nitrogens with zero attached hydrogens (tertiary/aromatic N) is 1. The normalized spacial score (nSPS) is 20.5. The van der Waals surface area contributed by atoms with Crippen LogP contribution < -0.4 is 15.8 Å². The second kappa shape index (κ2) is 11.8. The fraction of sp³-hybridized carbons (Fsp3) is 0.419. The summed E-state index contributed by atoms with van der Waals surface area (Å²) in [5.74, 6) is -0.252. The lowest BCUT2D eigenvalue weighted by molar-refractivity contribution is -0.117. The maximum absolute atomic E-state index is 14.9. The number of halogens is 1. The maximum atomic E-state index is 14.9. The number of carbonyl (C=O) groups excluding carboxylic acids is 1. The zero-order valence-electron chi connectivity index (χ0n) is 22.8. The van der Waals surface area contributed by atoms with Gasteiger partial charge < -0.3 is 11.1 Å². The van der Waals surface area contributed by atoms with Crippen LogP contribution in [0.15, 0.2) is 60.8 Å². The summed E-state index contributed by atoms with van der Waals surface area (Å²) in [5.41, 5.74) is 10.3. The van der Waals surface area contributed by atoms with Gasteiger partial charge in [0.05, 0.1) is 23.3 Å². The fourth-order valence-electron chi connectivity index (χ4n) is 5.75. The van der Waals surface area contributed by atoms with Crippen molar-refractivity contribution in [3.63, 3.8) is 0 Å². The van der Waals surface area contributed by atoms with Crippen molar-refractivity contribution in [2.24, 2.45) is 11.7 Å². The van der Waals surface area contributed by atoms with Gasteiger partial charge in [-0.3, -0.25) is 9.78 Å². The predicted octanol–water partition coefficient (Wildman–Crippen LogP) is 5.72. The van der Waals surface area contributed by atoms with E-state index in [-0.39, 0.29) is 35.0 Å². The highest BCUT2D eigenvalue weighted by Crippen LogP contribution is 2.40. The van der Waals surface area contributed by atoms with E-state index in [1.54, 1.807) is 37.4 Å². The third kappa shape index (κ3) is 6.43. The molecule has 0 atom stereocenters. The molecule has 2 aliphatic rings. The minimum atomic E-state index is -3.23. The molecular weight excluding hydrogens is 527 g/mol. The van der Waals surface area contributed by atoms with E-state index in [1.807, 2.05) is 24.3 Å². The van der Waals surface area contributed by atoms with Crippen LogP contribution in [0.3, 0.4) is 0 Å². The molecule has 2 saturated carbocycles. The molecule has 7 nitrogen and oxygen atoms in total. The number of hydrogen-bond acceptors (Lipinski definition) is 5. The number of rotatable bonds is 9. The number of sulfonamides is 1. The molecule has 0 radical (unpaired) electrons. The average Bonchev–Trinajstić information content (AvgIpc) is 2.93. The standard InChI is InChI=1S/C31H37FN4O3S/c1-2-40(38,39)36-24-14-8-21(9-15-24)18-29(37)35-25-19-27(26-6-3-4-7-28(26)32)30(34-20-25)22-10-12-23(13-11-22)31(33)16-5-17-31/h3-4,6-7,10-13,19-21,24,36H,2,5,8-9,14-18,33H2,1H3,(H,35,37). The van der Waals surface area contributed by atoms with Crippen LogP contribution in [-0.2, 0) is 20.4 Å². The third-order valence-corrected chi connectivity index (χ3v) is 9.81. The molecule has 40 heavy (non-hydrogen) atoms. The molecule has 2 aromatic carbocycles. The lowest BCUT2D eigenvalue weighted by Crippen LogP contribution is -2.43. The van der Waals surface area contributed by atoms with Gasteiger partial charge in [-0.25, -0.2) is 17.5 Å². The van der Waals surface area contributed by atoms with Crippen molar-refractivity contribution in [2.45, 2.75) is 69.9 Å². The number of amides is 1. The Hall–Kier alpha value is -3.14. The molecular formula is C31H37FN4O3S. The number of carbonyl (C=O) groups is 1. The van der Waals surface area contributed by atoms with Gasteiger partial charge in [0, 0.05) is 34.7 Å². The highest BCUT2D eigenvalue weighted by molar-refractivity contribution is 7.89. The molecule has 2 aliphatic carbocycles. The van der Waals surface area contributed by atoms with Crippen LogP contribution in [0, 0.1) is 11.7 Å². The Morgan fingerprint density at radius 1 is 1.05 bits per heavy atom. The molecule has 9 heteroatoms. The van der Waals surface area contributed by atoms with E-state index in [0.717, 1.165) is 56.1 Å². The van der Waals surface area contributed by atoms with Crippen molar-refractivity contribution < 1.29 is 17.6 Å². The summed E-state index contributed by atoms with van der Waals surface area (Å²) in [6.07, 6.45) is 8.02. The number of pyridine rings is 1. The summed E-state index contributed by atoms with van der Waals surface area (Å²) in [7, 11) is -3.23. The van der Waals surface area contributed by atoms with Crippen LogP contribution in [0.2, 0.25) is 0 Å². The molecule has 3 aromatic rings. The zero-order chi connectivity index (χ0) is 28.3. The van der Waals surface area contributed by atoms with Crippen LogP contribution in [0.1, 0.15) is 63.9 Å². The van der Waals surface area contributed by atoms with Gasteiger partial charge in [0.25, 0.3) is 0 Å². The molecule has 0 unspecified atom stereocenters. The fourth-order valence-corrected chi connectivity index (χ4v) is 6.66. The molecule has 4 N–H and O–H groups in total. The lowest BCUT2D eigenvalue weighted by Gasteiger charge is -2.38. The molecule has 1 heterocycles. The van der Waals surface area contributed by atoms with E-state index in [2.05, 4.69) is 15.0 Å². The molecule has 0 bridgehead atoms. The maximum Gasteiger partial charge on any atom is 0.224 e. The van der Waals surface area contributed by atoms with Crippen molar-refractivity contribution in [2.75, 3.05) is 11.1 Å². The first-order valence-corrected chi connectivity index (χ1v) is 15.8. The van der Waals surface area contributed by atoms with Crippen molar-refractivity contribution in [3.8, 4) is 22.4 Å². The average molecular weight is 565 g/mol. The molecule has 0 spiro atoms. The van der Waals surface area contributed by atoms with Gasteiger partial charge in [0.1, 0.15) is 5.82 Å². The summed E-state index contributed by atoms with van der Waals surface area (Å²) in [4.78, 5) is 17.6. The van der Waals surface area contributed by atoms with Crippen molar-refractivity contribution >= 4 is 21.6 Å². The number of benzene rings is 2. The smallest absolute Gasteiger partial charge is 0.224 e. The Bertz CT molecular complexity index is 1460. The van der Waals surface area contributed by atoms with Gasteiger partial charge in [0.15, 0.2) is 0 Å². The quantitative estimate of drug-likeness (QED) is 0.308. The van der Waals surface area contributed by atoms with Gasteiger partial charge in [0.2, 0.25) is 15.9 Å². The van der Waals surface area contributed by atoms with Crippen molar-refractivity contribution in [3.05, 3.63) is 72.2 Å². The largest absolute Gasteiger partial charge is 0.325 e. The minimum absolute atomic E-state index is 0.0662. The highest BCUT2D eigenvalue weighted by atomic mass is 32.2. The van der Waals surface area contributed by atoms with Crippen molar-refractivity contribution in [1.29, 1.82) is 0 Å². The van der Waals surface area contributed by atoms with Gasteiger partial charge >= 0.3 is 0 Å². The summed E-state index contributed by atoms with van der Waals surface area (Å²) in [6, 6.07) is 16.3. The molecule has 5 rings (SSSR count). The van der Waals surface area contributed by atoms with E-state index in [0.29, 0.717) is 28.9 Å². The lowest BCUT2D eigenvalue weighted by atomic mass is 9.72. The Balaban J connectivity index is 1.31. The molecule has 1 amide bonds. The monoisotopic (exact) mass is 564 g/mol.